The van der Waals surface area contributed by atoms with Gasteiger partial charge in [0.2, 0.25) is 0 Å². The lowest BCUT2D eigenvalue weighted by Crippen LogP contribution is -2.48. The number of carbonyl (C=O) groups is 2. The second kappa shape index (κ2) is 10.6. The van der Waals surface area contributed by atoms with E-state index < -0.39 is 11.6 Å². The topological polar surface area (TPSA) is 65.5 Å². The van der Waals surface area contributed by atoms with E-state index in [1.165, 1.54) is 18.3 Å². The Hall–Kier alpha value is -3.23. The van der Waals surface area contributed by atoms with Crippen LogP contribution in [0.25, 0.3) is 11.3 Å². The van der Waals surface area contributed by atoms with Crippen molar-refractivity contribution in [2.24, 2.45) is 0 Å². The van der Waals surface area contributed by atoms with Crippen molar-refractivity contribution >= 4 is 40.8 Å². The Balaban J connectivity index is 1.34. The second-order valence-corrected chi connectivity index (χ2v) is 9.07. The van der Waals surface area contributed by atoms with Crippen molar-refractivity contribution < 1.29 is 18.4 Å². The number of hydrogen-bond acceptors (Lipinski definition) is 3. The van der Waals surface area contributed by atoms with Gasteiger partial charge in [0.05, 0.1) is 33.2 Å². The van der Waals surface area contributed by atoms with Gasteiger partial charge in [-0.15, -0.1) is 0 Å². The smallest absolute Gasteiger partial charge is 0.321 e. The van der Waals surface area contributed by atoms with E-state index in [2.05, 4.69) is 10.3 Å². The fourth-order valence-electron chi connectivity index (χ4n) is 4.03. The van der Waals surface area contributed by atoms with Crippen LogP contribution in [0.5, 0.6) is 0 Å². The quantitative estimate of drug-likeness (QED) is 0.453. The van der Waals surface area contributed by atoms with Crippen molar-refractivity contribution in [1.29, 1.82) is 0 Å². The molecule has 35 heavy (non-hydrogen) atoms. The van der Waals surface area contributed by atoms with Crippen LogP contribution in [0.4, 0.5) is 19.3 Å². The highest BCUT2D eigenvalue weighted by Gasteiger charge is 2.29. The number of anilines is 1. The largest absolute Gasteiger partial charge is 0.338 e. The number of piperidine rings is 1. The summed E-state index contributed by atoms with van der Waals surface area (Å²) in [5.41, 5.74) is 1.42. The lowest BCUT2D eigenvalue weighted by Gasteiger charge is -2.37. The Morgan fingerprint density at radius 3 is 2.23 bits per heavy atom. The maximum absolute atomic E-state index is 13.5. The Morgan fingerprint density at radius 2 is 1.66 bits per heavy atom. The third-order valence-corrected chi connectivity index (χ3v) is 6.60. The van der Waals surface area contributed by atoms with Crippen molar-refractivity contribution in [2.45, 2.75) is 18.9 Å². The van der Waals surface area contributed by atoms with Crippen molar-refractivity contribution in [2.75, 3.05) is 25.5 Å². The molecule has 1 saturated heterocycles. The zero-order valence-corrected chi connectivity index (χ0v) is 20.3. The number of carbonyl (C=O) groups excluding carboxylic acids is 2. The highest BCUT2D eigenvalue weighted by atomic mass is 35.5. The van der Waals surface area contributed by atoms with Crippen LogP contribution in [0.2, 0.25) is 10.0 Å². The van der Waals surface area contributed by atoms with Crippen LogP contribution in [0, 0.1) is 11.6 Å². The molecular formula is C25H22Cl2F2N4O2. The van der Waals surface area contributed by atoms with Crippen LogP contribution in [0.3, 0.4) is 0 Å². The maximum atomic E-state index is 13.5. The fraction of sp³-hybridized carbons (Fsp3) is 0.240. The van der Waals surface area contributed by atoms with E-state index in [0.717, 1.165) is 6.07 Å². The third kappa shape index (κ3) is 5.71. The van der Waals surface area contributed by atoms with Gasteiger partial charge in [0.1, 0.15) is 11.6 Å². The van der Waals surface area contributed by atoms with Crippen LogP contribution < -0.4 is 5.32 Å². The molecule has 1 N–H and O–H groups in total. The van der Waals surface area contributed by atoms with Gasteiger partial charge >= 0.3 is 6.03 Å². The molecular weight excluding hydrogens is 497 g/mol. The number of urea groups is 1. The normalized spacial score (nSPS) is 14.0. The van der Waals surface area contributed by atoms with Crippen LogP contribution >= 0.6 is 23.2 Å². The van der Waals surface area contributed by atoms with Gasteiger partial charge < -0.3 is 15.1 Å². The molecule has 0 radical (unpaired) electrons. The number of aromatic nitrogens is 1. The molecule has 10 heteroatoms. The van der Waals surface area contributed by atoms with E-state index in [4.69, 9.17) is 23.2 Å². The first-order chi connectivity index (χ1) is 16.7. The third-order valence-electron chi connectivity index (χ3n) is 5.97. The molecule has 0 spiro atoms. The summed E-state index contributed by atoms with van der Waals surface area (Å²) in [6, 6.07) is 10.9. The van der Waals surface area contributed by atoms with Crippen LogP contribution in [-0.4, -0.2) is 52.9 Å². The molecule has 2 heterocycles. The molecule has 2 aromatic carbocycles. The minimum absolute atomic E-state index is 0.0664. The van der Waals surface area contributed by atoms with Crippen LogP contribution in [0.1, 0.15) is 23.2 Å². The predicted octanol–water partition coefficient (Wildman–Crippen LogP) is 6.10. The molecule has 0 aliphatic carbocycles. The zero-order chi connectivity index (χ0) is 25.1. The van der Waals surface area contributed by atoms with Gasteiger partial charge in [-0.3, -0.25) is 9.78 Å². The lowest BCUT2D eigenvalue weighted by atomic mass is 10.0. The minimum Gasteiger partial charge on any atom is -0.338 e. The molecule has 3 amide bonds. The van der Waals surface area contributed by atoms with Crippen LogP contribution in [0.15, 0.2) is 54.7 Å². The molecule has 4 rings (SSSR count). The monoisotopic (exact) mass is 518 g/mol. The highest BCUT2D eigenvalue weighted by molar-refractivity contribution is 6.39. The molecule has 1 aliphatic rings. The first-order valence-electron chi connectivity index (χ1n) is 10.9. The Morgan fingerprint density at radius 1 is 1.03 bits per heavy atom. The SMILES string of the molecule is CN(C(=O)Nc1ccc(-c2cc(F)cc(F)c2)nc1)C1CCN(C(=O)c2c(Cl)cccc2Cl)CC1. The summed E-state index contributed by atoms with van der Waals surface area (Å²) in [5.74, 6) is -1.61. The number of likely N-dealkylation sites (tertiary alicyclic amines) is 1. The summed E-state index contributed by atoms with van der Waals surface area (Å²) in [5, 5.41) is 3.39. The van der Waals surface area contributed by atoms with Gasteiger partial charge in [0.25, 0.3) is 5.91 Å². The summed E-state index contributed by atoms with van der Waals surface area (Å²) in [6.07, 6.45) is 2.62. The van der Waals surface area contributed by atoms with Crippen molar-refractivity contribution in [1.82, 2.24) is 14.8 Å². The summed E-state index contributed by atoms with van der Waals surface area (Å²) in [4.78, 5) is 33.1. The van der Waals surface area contributed by atoms with Gasteiger partial charge in [-0.2, -0.15) is 0 Å². The van der Waals surface area contributed by atoms with E-state index in [9.17, 15) is 18.4 Å². The minimum atomic E-state index is -0.691. The van der Waals surface area contributed by atoms with Gasteiger partial charge in [0.15, 0.2) is 0 Å². The van der Waals surface area contributed by atoms with E-state index >= 15 is 0 Å². The van der Waals surface area contributed by atoms with Gasteiger partial charge in [-0.25, -0.2) is 13.6 Å². The van der Waals surface area contributed by atoms with E-state index in [-0.39, 0.29) is 23.5 Å². The number of nitrogens with one attached hydrogen (secondary N) is 1. The first kappa shape index (κ1) is 24.9. The molecule has 0 bridgehead atoms. The average molecular weight is 519 g/mol. The standard InChI is InChI=1S/C25H22Cl2F2N4O2/c1-32(19-7-9-33(10-8-19)24(34)23-20(26)3-2-4-21(23)27)25(35)31-18-5-6-22(30-14-18)15-11-16(28)13-17(29)12-15/h2-6,11-14,19H,7-10H2,1H3,(H,31,35). The van der Waals surface area contributed by atoms with E-state index in [1.807, 2.05) is 0 Å². The number of amides is 3. The maximum Gasteiger partial charge on any atom is 0.321 e. The summed E-state index contributed by atoms with van der Waals surface area (Å²) >= 11 is 12.3. The van der Waals surface area contributed by atoms with E-state index in [0.29, 0.717) is 52.9 Å². The summed E-state index contributed by atoms with van der Waals surface area (Å²) in [6.45, 7) is 0.923. The molecule has 3 aromatic rings. The highest BCUT2D eigenvalue weighted by Crippen LogP contribution is 2.28. The van der Waals surface area contributed by atoms with Gasteiger partial charge in [-0.05, 0) is 49.2 Å². The molecule has 1 aromatic heterocycles. The molecule has 182 valence electrons. The van der Waals surface area contributed by atoms with Crippen molar-refractivity contribution in [3.05, 3.63) is 82.0 Å². The van der Waals surface area contributed by atoms with Crippen molar-refractivity contribution in [3.8, 4) is 11.3 Å². The molecule has 6 nitrogen and oxygen atoms in total. The molecule has 1 fully saturated rings. The lowest BCUT2D eigenvalue weighted by molar-refractivity contribution is 0.0671. The predicted molar refractivity (Wildman–Crippen MR) is 132 cm³/mol. The van der Waals surface area contributed by atoms with Gasteiger partial charge in [0, 0.05) is 37.8 Å². The Bertz CT molecular complexity index is 1210. The summed E-state index contributed by atoms with van der Waals surface area (Å²) < 4.78 is 26.9. The fourth-order valence-corrected chi connectivity index (χ4v) is 4.59. The van der Waals surface area contributed by atoms with Crippen LogP contribution in [-0.2, 0) is 0 Å². The molecule has 0 atom stereocenters. The molecule has 0 unspecified atom stereocenters. The summed E-state index contributed by atoms with van der Waals surface area (Å²) in [7, 11) is 1.69. The number of nitrogens with zero attached hydrogens (tertiary/aromatic N) is 3. The number of rotatable bonds is 4. The van der Waals surface area contributed by atoms with Gasteiger partial charge in [-0.1, -0.05) is 29.3 Å². The molecule has 1 aliphatic heterocycles. The first-order valence-corrected chi connectivity index (χ1v) is 11.7. The number of hydrogen-bond donors (Lipinski definition) is 1. The second-order valence-electron chi connectivity index (χ2n) is 8.25. The molecule has 0 saturated carbocycles. The Kier molecular flexibility index (Phi) is 7.52. The number of benzene rings is 2. The Labute approximate surface area is 211 Å². The number of pyridine rings is 1. The van der Waals surface area contributed by atoms with E-state index in [1.54, 1.807) is 47.2 Å². The average Bonchev–Trinajstić information content (AvgIpc) is 2.83. The number of halogens is 4. The van der Waals surface area contributed by atoms with Crippen molar-refractivity contribution in [3.63, 3.8) is 0 Å². The zero-order valence-electron chi connectivity index (χ0n) is 18.8.